The summed E-state index contributed by atoms with van der Waals surface area (Å²) >= 11 is 0. The number of hydrogen-bond donors (Lipinski definition) is 2. The molecule has 0 atom stereocenters. The molecule has 0 aliphatic rings. The number of phenolic OH excluding ortho intramolecular Hbond substituents is 1. The van der Waals surface area contributed by atoms with E-state index in [-0.39, 0.29) is 18.2 Å². The summed E-state index contributed by atoms with van der Waals surface area (Å²) in [6, 6.07) is 7.81. The lowest BCUT2D eigenvalue weighted by atomic mass is 10.2. The fourth-order valence-electron chi connectivity index (χ4n) is 1.25. The van der Waals surface area contributed by atoms with E-state index in [2.05, 4.69) is 10.5 Å². The average Bonchev–Trinajstić information content (AvgIpc) is 2.78. The topological polar surface area (TPSA) is 75.4 Å². The zero-order valence-electron chi connectivity index (χ0n) is 8.38. The molecule has 0 saturated heterocycles. The van der Waals surface area contributed by atoms with Gasteiger partial charge in [-0.3, -0.25) is 4.79 Å². The molecule has 5 nitrogen and oxygen atoms in total. The Labute approximate surface area is 91.7 Å². The van der Waals surface area contributed by atoms with Crippen LogP contribution >= 0.6 is 0 Å². The van der Waals surface area contributed by atoms with E-state index in [9.17, 15) is 9.90 Å². The molecule has 2 rings (SSSR count). The van der Waals surface area contributed by atoms with E-state index in [4.69, 9.17) is 4.52 Å². The van der Waals surface area contributed by atoms with Crippen LogP contribution in [0.1, 0.15) is 16.1 Å². The standard InChI is InChI=1S/C11H10N2O3/c14-9-3-1-2-8(6-9)11(15)12-7-10-4-5-13-16-10/h1-6,14H,7H2,(H,12,15). The van der Waals surface area contributed by atoms with Crippen LogP contribution < -0.4 is 5.32 Å². The Morgan fingerprint density at radius 1 is 1.44 bits per heavy atom. The third-order valence-corrected chi connectivity index (χ3v) is 2.02. The van der Waals surface area contributed by atoms with Gasteiger partial charge in [-0.05, 0) is 18.2 Å². The molecule has 0 unspecified atom stereocenters. The lowest BCUT2D eigenvalue weighted by molar-refractivity contribution is 0.0946. The number of nitrogens with one attached hydrogen (secondary N) is 1. The summed E-state index contributed by atoms with van der Waals surface area (Å²) in [6.45, 7) is 0.272. The van der Waals surface area contributed by atoms with Gasteiger partial charge in [-0.15, -0.1) is 0 Å². The maximum Gasteiger partial charge on any atom is 0.251 e. The molecule has 0 aliphatic carbocycles. The van der Waals surface area contributed by atoms with Crippen LogP contribution in [0.5, 0.6) is 5.75 Å². The highest BCUT2D eigenvalue weighted by Crippen LogP contribution is 2.10. The van der Waals surface area contributed by atoms with Crippen LogP contribution in [0.3, 0.4) is 0 Å². The van der Waals surface area contributed by atoms with E-state index in [1.54, 1.807) is 18.2 Å². The zero-order valence-corrected chi connectivity index (χ0v) is 8.38. The number of rotatable bonds is 3. The maximum absolute atomic E-state index is 11.6. The Bertz CT molecular complexity index is 480. The molecule has 0 aliphatic heterocycles. The van der Waals surface area contributed by atoms with Crippen LogP contribution in [0.25, 0.3) is 0 Å². The van der Waals surface area contributed by atoms with Crippen molar-refractivity contribution < 1.29 is 14.4 Å². The first kappa shape index (κ1) is 10.2. The second-order valence-electron chi connectivity index (χ2n) is 3.21. The smallest absolute Gasteiger partial charge is 0.251 e. The summed E-state index contributed by atoms with van der Waals surface area (Å²) < 4.78 is 4.83. The summed E-state index contributed by atoms with van der Waals surface area (Å²) in [5.74, 6) is 0.369. The number of benzene rings is 1. The Kier molecular flexibility index (Phi) is 2.86. The van der Waals surface area contributed by atoms with Gasteiger partial charge in [0.2, 0.25) is 0 Å². The van der Waals surface area contributed by atoms with Crippen LogP contribution in [0.2, 0.25) is 0 Å². The van der Waals surface area contributed by atoms with Crippen LogP contribution in [0.4, 0.5) is 0 Å². The van der Waals surface area contributed by atoms with Crippen LogP contribution in [-0.4, -0.2) is 16.2 Å². The van der Waals surface area contributed by atoms with Crippen molar-refractivity contribution in [3.63, 3.8) is 0 Å². The van der Waals surface area contributed by atoms with Gasteiger partial charge in [0.1, 0.15) is 5.75 Å². The van der Waals surface area contributed by atoms with Gasteiger partial charge in [0.05, 0.1) is 12.7 Å². The summed E-state index contributed by atoms with van der Waals surface area (Å²) in [4.78, 5) is 11.6. The van der Waals surface area contributed by atoms with Gasteiger partial charge in [-0.25, -0.2) is 0 Å². The van der Waals surface area contributed by atoms with Gasteiger partial charge in [0, 0.05) is 11.6 Å². The van der Waals surface area contributed by atoms with Gasteiger partial charge in [-0.2, -0.15) is 0 Å². The number of phenols is 1. The molecule has 1 amide bonds. The van der Waals surface area contributed by atoms with Crippen LogP contribution in [-0.2, 0) is 6.54 Å². The highest BCUT2D eigenvalue weighted by Gasteiger charge is 2.06. The number of aromatic nitrogens is 1. The molecule has 82 valence electrons. The number of carbonyl (C=O) groups excluding carboxylic acids is 1. The van der Waals surface area contributed by atoms with Gasteiger partial charge in [0.25, 0.3) is 5.91 Å². The summed E-state index contributed by atoms with van der Waals surface area (Å²) in [5, 5.41) is 15.4. The number of aromatic hydroxyl groups is 1. The number of amides is 1. The summed E-state index contributed by atoms with van der Waals surface area (Å²) in [5.41, 5.74) is 0.402. The number of nitrogens with zero attached hydrogens (tertiary/aromatic N) is 1. The Balaban J connectivity index is 1.98. The van der Waals surface area contributed by atoms with E-state index in [1.807, 2.05) is 0 Å². The first-order valence-electron chi connectivity index (χ1n) is 4.72. The van der Waals surface area contributed by atoms with Crippen molar-refractivity contribution in [1.82, 2.24) is 10.5 Å². The number of hydrogen-bond acceptors (Lipinski definition) is 4. The van der Waals surface area contributed by atoms with Crippen molar-refractivity contribution in [2.45, 2.75) is 6.54 Å². The predicted molar refractivity (Wildman–Crippen MR) is 55.8 cm³/mol. The van der Waals surface area contributed by atoms with E-state index in [0.717, 1.165) is 0 Å². The van der Waals surface area contributed by atoms with Gasteiger partial charge in [-0.1, -0.05) is 11.2 Å². The molecule has 2 N–H and O–H groups in total. The molecule has 5 heteroatoms. The van der Waals surface area contributed by atoms with Gasteiger partial charge in [0.15, 0.2) is 5.76 Å². The van der Waals surface area contributed by atoms with Gasteiger partial charge < -0.3 is 14.9 Å². The normalized spacial score (nSPS) is 10.0. The van der Waals surface area contributed by atoms with Crippen molar-refractivity contribution >= 4 is 5.91 Å². The van der Waals surface area contributed by atoms with Crippen LogP contribution in [0.15, 0.2) is 41.1 Å². The predicted octanol–water partition coefficient (Wildman–Crippen LogP) is 1.31. The molecular formula is C11H10N2O3. The molecule has 0 saturated carbocycles. The molecule has 1 aromatic heterocycles. The molecule has 16 heavy (non-hydrogen) atoms. The van der Waals surface area contributed by atoms with Crippen molar-refractivity contribution in [2.24, 2.45) is 0 Å². The molecule has 1 heterocycles. The third-order valence-electron chi connectivity index (χ3n) is 2.02. The van der Waals surface area contributed by atoms with Gasteiger partial charge >= 0.3 is 0 Å². The minimum atomic E-state index is -0.271. The second kappa shape index (κ2) is 4.48. The highest BCUT2D eigenvalue weighted by molar-refractivity contribution is 5.94. The Morgan fingerprint density at radius 3 is 3.00 bits per heavy atom. The largest absolute Gasteiger partial charge is 0.508 e. The molecule has 0 bridgehead atoms. The van der Waals surface area contributed by atoms with E-state index < -0.39 is 0 Å². The minimum Gasteiger partial charge on any atom is -0.508 e. The SMILES string of the molecule is O=C(NCc1ccno1)c1cccc(O)c1. The quantitative estimate of drug-likeness (QED) is 0.814. The molecule has 0 spiro atoms. The van der Waals surface area contributed by atoms with E-state index in [1.165, 1.54) is 18.3 Å². The van der Waals surface area contributed by atoms with Crippen molar-refractivity contribution in [2.75, 3.05) is 0 Å². The lowest BCUT2D eigenvalue weighted by Gasteiger charge is -2.02. The van der Waals surface area contributed by atoms with Crippen molar-refractivity contribution in [3.05, 3.63) is 47.9 Å². The first-order chi connectivity index (χ1) is 7.75. The van der Waals surface area contributed by atoms with E-state index >= 15 is 0 Å². The van der Waals surface area contributed by atoms with Crippen molar-refractivity contribution in [1.29, 1.82) is 0 Å². The average molecular weight is 218 g/mol. The monoisotopic (exact) mass is 218 g/mol. The molecule has 2 aromatic rings. The zero-order chi connectivity index (χ0) is 11.4. The summed E-state index contributed by atoms with van der Waals surface area (Å²) in [6.07, 6.45) is 1.51. The Morgan fingerprint density at radius 2 is 2.31 bits per heavy atom. The molecular weight excluding hydrogens is 208 g/mol. The maximum atomic E-state index is 11.6. The third kappa shape index (κ3) is 2.38. The fraction of sp³-hybridized carbons (Fsp3) is 0.0909. The molecule has 1 aromatic carbocycles. The van der Waals surface area contributed by atoms with E-state index in [0.29, 0.717) is 11.3 Å². The second-order valence-corrected chi connectivity index (χ2v) is 3.21. The van der Waals surface area contributed by atoms with Crippen molar-refractivity contribution in [3.8, 4) is 5.75 Å². The summed E-state index contributed by atoms with van der Waals surface area (Å²) in [7, 11) is 0. The molecule has 0 fully saturated rings. The lowest BCUT2D eigenvalue weighted by Crippen LogP contribution is -2.22. The number of carbonyl (C=O) groups is 1. The fourth-order valence-corrected chi connectivity index (χ4v) is 1.25. The first-order valence-corrected chi connectivity index (χ1v) is 4.72. The highest BCUT2D eigenvalue weighted by atomic mass is 16.5. The van der Waals surface area contributed by atoms with Crippen LogP contribution in [0, 0.1) is 0 Å². The Hall–Kier alpha value is -2.30. The minimum absolute atomic E-state index is 0.0623. The molecule has 0 radical (unpaired) electrons.